The van der Waals surface area contributed by atoms with E-state index in [1.807, 2.05) is 0 Å². The van der Waals surface area contributed by atoms with Crippen molar-refractivity contribution in [3.05, 3.63) is 46.5 Å². The molecule has 0 aliphatic carbocycles. The molecule has 2 rings (SSSR count). The van der Waals surface area contributed by atoms with Crippen LogP contribution in [0.25, 0.3) is 0 Å². The maximum Gasteiger partial charge on any atom is 0.308 e. The second-order valence-corrected chi connectivity index (χ2v) is 8.41. The van der Waals surface area contributed by atoms with Crippen LogP contribution in [-0.2, 0) is 19.4 Å². The fourth-order valence-electron chi connectivity index (χ4n) is 2.88. The monoisotopic (exact) mass is 390 g/mol. The summed E-state index contributed by atoms with van der Waals surface area (Å²) in [6.07, 6.45) is 0. The van der Waals surface area contributed by atoms with E-state index in [1.54, 1.807) is 27.7 Å². The van der Waals surface area contributed by atoms with Gasteiger partial charge in [-0.25, -0.2) is 8.42 Å². The average molecular weight is 390 g/mol. The molecule has 0 fully saturated rings. The zero-order valence-electron chi connectivity index (χ0n) is 16.2. The van der Waals surface area contributed by atoms with E-state index in [0.717, 1.165) is 0 Å². The summed E-state index contributed by atoms with van der Waals surface area (Å²) in [5.41, 5.74) is 2.20. The highest BCUT2D eigenvalue weighted by molar-refractivity contribution is 7.91. The molecule has 0 amide bonds. The van der Waals surface area contributed by atoms with Gasteiger partial charge in [-0.05, 0) is 74.2 Å². The van der Waals surface area contributed by atoms with E-state index in [-0.39, 0.29) is 9.79 Å². The van der Waals surface area contributed by atoms with Gasteiger partial charge in [0.05, 0.1) is 9.79 Å². The van der Waals surface area contributed by atoms with Gasteiger partial charge >= 0.3 is 11.9 Å². The summed E-state index contributed by atoms with van der Waals surface area (Å²) in [5.74, 6) is -0.216. The van der Waals surface area contributed by atoms with Crippen LogP contribution < -0.4 is 9.47 Å². The van der Waals surface area contributed by atoms with E-state index in [4.69, 9.17) is 9.47 Å². The van der Waals surface area contributed by atoms with Crippen molar-refractivity contribution in [2.24, 2.45) is 0 Å². The van der Waals surface area contributed by atoms with Gasteiger partial charge < -0.3 is 9.47 Å². The molecule has 0 aromatic heterocycles. The lowest BCUT2D eigenvalue weighted by molar-refractivity contribution is -0.132. The van der Waals surface area contributed by atoms with Crippen LogP contribution in [0.4, 0.5) is 0 Å². The van der Waals surface area contributed by atoms with Crippen molar-refractivity contribution in [2.75, 3.05) is 0 Å². The molecule has 0 saturated heterocycles. The maximum absolute atomic E-state index is 13.1. The summed E-state index contributed by atoms with van der Waals surface area (Å²) in [7, 11) is -3.80. The standard InChI is InChI=1S/C20H22O6S/c1-11-7-17(8-12(2)19(11)25-15(5)21)27(23,24)18-9-13(3)20(14(4)10-18)26-16(6)22/h7-10H,1-6H3. The molecule has 0 unspecified atom stereocenters. The third-order valence-electron chi connectivity index (χ3n) is 3.98. The van der Waals surface area contributed by atoms with Gasteiger partial charge in [0.15, 0.2) is 0 Å². The van der Waals surface area contributed by atoms with Crippen LogP contribution in [-0.4, -0.2) is 20.4 Å². The van der Waals surface area contributed by atoms with Gasteiger partial charge in [-0.3, -0.25) is 9.59 Å². The van der Waals surface area contributed by atoms with Crippen LogP contribution in [0.15, 0.2) is 34.1 Å². The summed E-state index contributed by atoms with van der Waals surface area (Å²) < 4.78 is 36.5. The quantitative estimate of drug-likeness (QED) is 0.586. The largest absolute Gasteiger partial charge is 0.426 e. The predicted molar refractivity (Wildman–Crippen MR) is 99.9 cm³/mol. The minimum Gasteiger partial charge on any atom is -0.426 e. The summed E-state index contributed by atoms with van der Waals surface area (Å²) in [6, 6.07) is 5.91. The number of esters is 2. The Bertz CT molecular complexity index is 911. The van der Waals surface area contributed by atoms with Gasteiger partial charge in [0.2, 0.25) is 9.84 Å². The topological polar surface area (TPSA) is 86.7 Å². The smallest absolute Gasteiger partial charge is 0.308 e. The Labute approximate surface area is 159 Å². The van der Waals surface area contributed by atoms with Crippen molar-refractivity contribution in [3.8, 4) is 11.5 Å². The van der Waals surface area contributed by atoms with Gasteiger partial charge in [0, 0.05) is 13.8 Å². The zero-order valence-corrected chi connectivity index (χ0v) is 17.0. The highest BCUT2D eigenvalue weighted by Crippen LogP contribution is 2.33. The first-order valence-corrected chi connectivity index (χ1v) is 9.76. The molecule has 0 aliphatic heterocycles. The first-order valence-electron chi connectivity index (χ1n) is 8.28. The van der Waals surface area contributed by atoms with Crippen LogP contribution >= 0.6 is 0 Å². The first kappa shape index (κ1) is 20.6. The summed E-state index contributed by atoms with van der Waals surface area (Å²) >= 11 is 0. The molecule has 0 heterocycles. The lowest BCUT2D eigenvalue weighted by atomic mass is 10.1. The number of carbonyl (C=O) groups excluding carboxylic acids is 2. The lowest BCUT2D eigenvalue weighted by Crippen LogP contribution is -2.09. The van der Waals surface area contributed by atoms with E-state index in [1.165, 1.54) is 38.1 Å². The fraction of sp³-hybridized carbons (Fsp3) is 0.300. The first-order chi connectivity index (χ1) is 12.4. The average Bonchev–Trinajstić information content (AvgIpc) is 2.53. The van der Waals surface area contributed by atoms with Gasteiger partial charge in [0.25, 0.3) is 0 Å². The fourth-order valence-corrected chi connectivity index (χ4v) is 4.48. The van der Waals surface area contributed by atoms with Gasteiger partial charge in [0.1, 0.15) is 11.5 Å². The molecule has 0 saturated carbocycles. The van der Waals surface area contributed by atoms with Crippen molar-refractivity contribution in [1.82, 2.24) is 0 Å². The molecule has 0 spiro atoms. The molecule has 0 aliphatic rings. The third kappa shape index (κ3) is 4.36. The van der Waals surface area contributed by atoms with Crippen LogP contribution in [0, 0.1) is 27.7 Å². The Kier molecular flexibility index (Phi) is 5.75. The van der Waals surface area contributed by atoms with Crippen molar-refractivity contribution in [3.63, 3.8) is 0 Å². The van der Waals surface area contributed by atoms with Gasteiger partial charge in [-0.15, -0.1) is 0 Å². The van der Waals surface area contributed by atoms with E-state index < -0.39 is 21.8 Å². The van der Waals surface area contributed by atoms with Crippen molar-refractivity contribution < 1.29 is 27.5 Å². The Morgan fingerprint density at radius 2 is 0.926 bits per heavy atom. The molecule has 27 heavy (non-hydrogen) atoms. The molecule has 2 aromatic rings. The number of benzene rings is 2. The second-order valence-electron chi connectivity index (χ2n) is 6.46. The molecule has 6 nitrogen and oxygen atoms in total. The van der Waals surface area contributed by atoms with Crippen LogP contribution in [0.5, 0.6) is 11.5 Å². The SMILES string of the molecule is CC(=O)Oc1c(C)cc(S(=O)(=O)c2cc(C)c(OC(C)=O)c(C)c2)cc1C. The van der Waals surface area contributed by atoms with Crippen LogP contribution in [0.3, 0.4) is 0 Å². The number of carbonyl (C=O) groups is 2. The Balaban J connectivity index is 2.56. The van der Waals surface area contributed by atoms with Crippen LogP contribution in [0.2, 0.25) is 0 Å². The van der Waals surface area contributed by atoms with E-state index in [0.29, 0.717) is 33.8 Å². The Hall–Kier alpha value is -2.67. The lowest BCUT2D eigenvalue weighted by Gasteiger charge is -2.14. The van der Waals surface area contributed by atoms with Crippen molar-refractivity contribution >= 4 is 21.8 Å². The van der Waals surface area contributed by atoms with E-state index >= 15 is 0 Å². The summed E-state index contributed by atoms with van der Waals surface area (Å²) in [6.45, 7) is 9.32. The second kappa shape index (κ2) is 7.52. The molecular formula is C20H22O6S. The highest BCUT2D eigenvalue weighted by Gasteiger charge is 2.23. The van der Waals surface area contributed by atoms with Crippen molar-refractivity contribution in [1.29, 1.82) is 0 Å². The molecule has 7 heteroatoms. The molecule has 144 valence electrons. The minimum absolute atomic E-state index is 0.104. The Morgan fingerprint density at radius 1 is 0.667 bits per heavy atom. The molecule has 0 N–H and O–H groups in total. The van der Waals surface area contributed by atoms with Crippen LogP contribution in [0.1, 0.15) is 36.1 Å². The molecule has 0 radical (unpaired) electrons. The zero-order chi connectivity index (χ0) is 20.5. The molecule has 0 atom stereocenters. The maximum atomic E-state index is 13.1. The van der Waals surface area contributed by atoms with Gasteiger partial charge in [-0.1, -0.05) is 0 Å². The van der Waals surface area contributed by atoms with Crippen molar-refractivity contribution in [2.45, 2.75) is 51.3 Å². The number of aryl methyl sites for hydroxylation is 4. The Morgan fingerprint density at radius 3 is 1.15 bits per heavy atom. The van der Waals surface area contributed by atoms with E-state index in [2.05, 4.69) is 0 Å². The summed E-state index contributed by atoms with van der Waals surface area (Å²) in [4.78, 5) is 22.7. The van der Waals surface area contributed by atoms with Gasteiger partial charge in [-0.2, -0.15) is 0 Å². The third-order valence-corrected chi connectivity index (χ3v) is 5.69. The number of sulfone groups is 1. The number of hydrogen-bond donors (Lipinski definition) is 0. The summed E-state index contributed by atoms with van der Waals surface area (Å²) in [5, 5.41) is 0. The number of hydrogen-bond acceptors (Lipinski definition) is 6. The number of rotatable bonds is 4. The minimum atomic E-state index is -3.80. The predicted octanol–water partition coefficient (Wildman–Crippen LogP) is 3.60. The molecule has 0 bridgehead atoms. The highest BCUT2D eigenvalue weighted by atomic mass is 32.2. The normalized spacial score (nSPS) is 11.2. The number of ether oxygens (including phenoxy) is 2. The molecule has 2 aromatic carbocycles. The molecular weight excluding hydrogens is 368 g/mol. The van der Waals surface area contributed by atoms with E-state index in [9.17, 15) is 18.0 Å².